The molecule has 20 heavy (non-hydrogen) atoms. The van der Waals surface area contributed by atoms with E-state index in [2.05, 4.69) is 10.4 Å². The zero-order valence-electron chi connectivity index (χ0n) is 12.0. The molecule has 2 heterocycles. The van der Waals surface area contributed by atoms with Crippen LogP contribution < -0.4 is 5.32 Å². The zero-order valence-corrected chi connectivity index (χ0v) is 12.0. The molecule has 0 spiro atoms. The molecule has 1 atom stereocenters. The van der Waals surface area contributed by atoms with Gasteiger partial charge in [0.15, 0.2) is 5.60 Å². The molecule has 110 valence electrons. The number of nitrogens with zero attached hydrogens (tertiary/aromatic N) is 3. The first-order valence-electron chi connectivity index (χ1n) is 6.68. The lowest BCUT2D eigenvalue weighted by Gasteiger charge is -2.38. The van der Waals surface area contributed by atoms with Crippen molar-refractivity contribution in [1.82, 2.24) is 20.0 Å². The average molecular weight is 280 g/mol. The average Bonchev–Trinajstić information content (AvgIpc) is 2.94. The number of nitrogens with one attached hydrogen (secondary N) is 1. The van der Waals surface area contributed by atoms with Crippen LogP contribution in [0.4, 0.5) is 0 Å². The van der Waals surface area contributed by atoms with Crippen molar-refractivity contribution in [3.8, 4) is 0 Å². The summed E-state index contributed by atoms with van der Waals surface area (Å²) in [6, 6.07) is 0. The number of carbonyl (C=O) groups is 2. The van der Waals surface area contributed by atoms with Crippen LogP contribution >= 0.6 is 0 Å². The molecule has 1 aliphatic heterocycles. The molecule has 2 amide bonds. The molecule has 0 radical (unpaired) electrons. The molecule has 0 aliphatic carbocycles. The molecule has 0 unspecified atom stereocenters. The minimum Gasteiger partial charge on any atom is -0.362 e. The Labute approximate surface area is 117 Å². The van der Waals surface area contributed by atoms with Gasteiger partial charge in [-0.3, -0.25) is 14.3 Å². The van der Waals surface area contributed by atoms with E-state index in [1.807, 2.05) is 6.92 Å². The smallest absolute Gasteiger partial charge is 0.257 e. The lowest BCUT2D eigenvalue weighted by molar-refractivity contribution is -0.153. The van der Waals surface area contributed by atoms with Crippen LogP contribution in [0.2, 0.25) is 0 Å². The molecule has 1 aromatic heterocycles. The van der Waals surface area contributed by atoms with E-state index in [0.29, 0.717) is 25.3 Å². The van der Waals surface area contributed by atoms with Crippen LogP contribution in [0.3, 0.4) is 0 Å². The third kappa shape index (κ3) is 2.67. The van der Waals surface area contributed by atoms with E-state index in [1.165, 1.54) is 0 Å². The van der Waals surface area contributed by atoms with Crippen molar-refractivity contribution >= 4 is 11.8 Å². The van der Waals surface area contributed by atoms with E-state index in [4.69, 9.17) is 4.74 Å². The second-order valence-electron chi connectivity index (χ2n) is 4.97. The van der Waals surface area contributed by atoms with Crippen LogP contribution in [0.5, 0.6) is 0 Å². The maximum absolute atomic E-state index is 12.4. The van der Waals surface area contributed by atoms with E-state index in [1.54, 1.807) is 35.9 Å². The Morgan fingerprint density at radius 2 is 2.30 bits per heavy atom. The molecular weight excluding hydrogens is 260 g/mol. The number of hydrogen-bond donors (Lipinski definition) is 1. The van der Waals surface area contributed by atoms with Gasteiger partial charge in [0.1, 0.15) is 0 Å². The summed E-state index contributed by atoms with van der Waals surface area (Å²) in [5.74, 6) is -0.345. The fourth-order valence-corrected chi connectivity index (χ4v) is 2.27. The largest absolute Gasteiger partial charge is 0.362 e. The highest BCUT2D eigenvalue weighted by Gasteiger charge is 2.40. The van der Waals surface area contributed by atoms with Crippen LogP contribution in [0.25, 0.3) is 0 Å². The Bertz CT molecular complexity index is 513. The fourth-order valence-electron chi connectivity index (χ4n) is 2.27. The van der Waals surface area contributed by atoms with Gasteiger partial charge in [-0.05, 0) is 13.8 Å². The maximum atomic E-state index is 12.4. The van der Waals surface area contributed by atoms with E-state index in [-0.39, 0.29) is 18.4 Å². The topological polar surface area (TPSA) is 76.5 Å². The molecule has 1 aromatic rings. The van der Waals surface area contributed by atoms with Crippen molar-refractivity contribution in [1.29, 1.82) is 0 Å². The quantitative estimate of drug-likeness (QED) is 0.837. The monoisotopic (exact) mass is 280 g/mol. The first-order valence-corrected chi connectivity index (χ1v) is 6.68. The van der Waals surface area contributed by atoms with Gasteiger partial charge >= 0.3 is 0 Å². The first-order chi connectivity index (χ1) is 9.50. The van der Waals surface area contributed by atoms with Crippen LogP contribution in [0.1, 0.15) is 24.2 Å². The van der Waals surface area contributed by atoms with E-state index < -0.39 is 5.60 Å². The van der Waals surface area contributed by atoms with Gasteiger partial charge in [0.25, 0.3) is 11.8 Å². The Morgan fingerprint density at radius 1 is 1.55 bits per heavy atom. The van der Waals surface area contributed by atoms with Crippen LogP contribution in [-0.4, -0.2) is 58.8 Å². The SMILES string of the molecule is CCn1cc(C(=O)N2CCO[C@](C)(C(=O)NC)C2)cn1. The van der Waals surface area contributed by atoms with E-state index in [0.717, 1.165) is 0 Å². The zero-order chi connectivity index (χ0) is 14.8. The lowest BCUT2D eigenvalue weighted by Crippen LogP contribution is -2.58. The third-order valence-corrected chi connectivity index (χ3v) is 3.47. The van der Waals surface area contributed by atoms with Gasteiger partial charge in [-0.2, -0.15) is 5.10 Å². The number of amides is 2. The highest BCUT2D eigenvalue weighted by molar-refractivity contribution is 5.94. The predicted octanol–water partition coefficient (Wildman–Crippen LogP) is -0.120. The lowest BCUT2D eigenvalue weighted by atomic mass is 10.0. The van der Waals surface area contributed by atoms with Gasteiger partial charge in [-0.15, -0.1) is 0 Å². The van der Waals surface area contributed by atoms with Crippen LogP contribution in [0, 0.1) is 0 Å². The number of carbonyl (C=O) groups excluding carboxylic acids is 2. The summed E-state index contributed by atoms with van der Waals surface area (Å²) in [6.45, 7) is 5.43. The molecule has 1 fully saturated rings. The Balaban J connectivity index is 2.12. The van der Waals surface area contributed by atoms with Gasteiger partial charge in [-0.25, -0.2) is 0 Å². The van der Waals surface area contributed by atoms with Crippen molar-refractivity contribution in [3.05, 3.63) is 18.0 Å². The minimum atomic E-state index is -0.997. The molecule has 0 bridgehead atoms. The van der Waals surface area contributed by atoms with E-state index in [9.17, 15) is 9.59 Å². The standard InChI is InChI=1S/C13H20N4O3/c1-4-17-8-10(7-15-17)11(18)16-5-6-20-13(2,9-16)12(19)14-3/h7-8H,4-6,9H2,1-3H3,(H,14,19)/t13-/m0/s1. The highest BCUT2D eigenvalue weighted by atomic mass is 16.5. The molecule has 1 saturated heterocycles. The molecule has 0 saturated carbocycles. The number of aryl methyl sites for hydroxylation is 1. The summed E-state index contributed by atoms with van der Waals surface area (Å²) in [5, 5.41) is 6.67. The highest BCUT2D eigenvalue weighted by Crippen LogP contribution is 2.19. The molecule has 7 nitrogen and oxygen atoms in total. The summed E-state index contributed by atoms with van der Waals surface area (Å²) in [5.41, 5.74) is -0.461. The number of hydrogen-bond acceptors (Lipinski definition) is 4. The third-order valence-electron chi connectivity index (χ3n) is 3.47. The number of ether oxygens (including phenoxy) is 1. The van der Waals surface area contributed by atoms with Gasteiger partial charge in [-0.1, -0.05) is 0 Å². The van der Waals surface area contributed by atoms with Crippen molar-refractivity contribution in [2.75, 3.05) is 26.7 Å². The van der Waals surface area contributed by atoms with Crippen molar-refractivity contribution < 1.29 is 14.3 Å². The summed E-state index contributed by atoms with van der Waals surface area (Å²) in [4.78, 5) is 25.9. The van der Waals surface area contributed by atoms with Crippen molar-refractivity contribution in [3.63, 3.8) is 0 Å². The maximum Gasteiger partial charge on any atom is 0.257 e. The number of morpholine rings is 1. The molecule has 2 rings (SSSR count). The van der Waals surface area contributed by atoms with Gasteiger partial charge in [0.2, 0.25) is 0 Å². The van der Waals surface area contributed by atoms with Crippen LogP contribution in [0.15, 0.2) is 12.4 Å². The second-order valence-corrected chi connectivity index (χ2v) is 4.97. The molecular formula is C13H20N4O3. The normalized spacial score (nSPS) is 22.6. The Morgan fingerprint density at radius 3 is 2.90 bits per heavy atom. The molecule has 0 aromatic carbocycles. The second kappa shape index (κ2) is 5.62. The Hall–Kier alpha value is -1.89. The first kappa shape index (κ1) is 14.5. The van der Waals surface area contributed by atoms with Gasteiger partial charge in [0, 0.05) is 26.3 Å². The fraction of sp³-hybridized carbons (Fsp3) is 0.615. The van der Waals surface area contributed by atoms with Crippen molar-refractivity contribution in [2.45, 2.75) is 26.0 Å². The van der Waals surface area contributed by atoms with E-state index >= 15 is 0 Å². The summed E-state index contributed by atoms with van der Waals surface area (Å²) < 4.78 is 7.23. The number of aromatic nitrogens is 2. The number of rotatable bonds is 3. The van der Waals surface area contributed by atoms with Crippen LogP contribution in [-0.2, 0) is 16.1 Å². The molecule has 1 N–H and O–H groups in total. The molecule has 7 heteroatoms. The van der Waals surface area contributed by atoms with Gasteiger partial charge in [0.05, 0.1) is 24.9 Å². The summed E-state index contributed by atoms with van der Waals surface area (Å²) in [7, 11) is 1.56. The number of likely N-dealkylation sites (N-methyl/N-ethyl adjacent to an activating group) is 1. The minimum absolute atomic E-state index is 0.122. The predicted molar refractivity (Wildman–Crippen MR) is 72.2 cm³/mol. The summed E-state index contributed by atoms with van der Waals surface area (Å²) in [6.07, 6.45) is 3.27. The van der Waals surface area contributed by atoms with Crippen molar-refractivity contribution in [2.24, 2.45) is 0 Å². The van der Waals surface area contributed by atoms with Gasteiger partial charge < -0.3 is 15.0 Å². The molecule has 1 aliphatic rings. The Kier molecular flexibility index (Phi) is 4.08. The summed E-state index contributed by atoms with van der Waals surface area (Å²) >= 11 is 0.